The van der Waals surface area contributed by atoms with E-state index in [4.69, 9.17) is 0 Å². The third-order valence-corrected chi connectivity index (χ3v) is 3.56. The Bertz CT molecular complexity index is 567. The first kappa shape index (κ1) is 18.2. The summed E-state index contributed by atoms with van der Waals surface area (Å²) in [7, 11) is 0. The molecule has 1 aromatic carbocycles. The van der Waals surface area contributed by atoms with E-state index in [2.05, 4.69) is 5.32 Å². The summed E-state index contributed by atoms with van der Waals surface area (Å²) >= 11 is 0. The molecule has 0 saturated carbocycles. The maximum atomic E-state index is 12.4. The van der Waals surface area contributed by atoms with E-state index in [9.17, 15) is 22.8 Å². The van der Waals surface area contributed by atoms with Gasteiger partial charge in [0.05, 0.1) is 0 Å². The summed E-state index contributed by atoms with van der Waals surface area (Å²) in [6, 6.07) is 5.27. The Morgan fingerprint density at radius 3 is 2.32 bits per heavy atom. The largest absolute Gasteiger partial charge is 0.450 e. The second-order valence-electron chi connectivity index (χ2n) is 5.65. The number of benzene rings is 1. The number of rotatable bonds is 5. The van der Waals surface area contributed by atoms with Crippen molar-refractivity contribution in [2.75, 3.05) is 5.32 Å². The molecule has 2 atom stereocenters. The molecular weight excluding hydrogens is 295 g/mol. The zero-order chi connectivity index (χ0) is 17.1. The van der Waals surface area contributed by atoms with Gasteiger partial charge in [0.15, 0.2) is 0 Å². The molecule has 1 amide bonds. The molecule has 0 aliphatic carbocycles. The van der Waals surface area contributed by atoms with Crippen molar-refractivity contribution in [3.05, 3.63) is 29.3 Å². The van der Waals surface area contributed by atoms with Crippen LogP contribution in [-0.2, 0) is 9.59 Å². The number of hydrogen-bond donors (Lipinski definition) is 1. The quantitative estimate of drug-likeness (QED) is 0.884. The Morgan fingerprint density at radius 1 is 1.23 bits per heavy atom. The van der Waals surface area contributed by atoms with Crippen molar-refractivity contribution >= 4 is 17.4 Å². The van der Waals surface area contributed by atoms with Gasteiger partial charge in [-0.15, -0.1) is 0 Å². The molecule has 1 rings (SSSR count). The average molecular weight is 315 g/mol. The number of carbonyl (C=O) groups excluding carboxylic acids is 2. The highest BCUT2D eigenvalue weighted by Gasteiger charge is 2.41. The van der Waals surface area contributed by atoms with Crippen molar-refractivity contribution in [1.82, 2.24) is 0 Å². The van der Waals surface area contributed by atoms with Crippen LogP contribution >= 0.6 is 0 Å². The molecule has 2 unspecified atom stereocenters. The van der Waals surface area contributed by atoms with Crippen LogP contribution in [0.4, 0.5) is 18.9 Å². The highest BCUT2D eigenvalue weighted by atomic mass is 19.4. The number of carbonyl (C=O) groups is 2. The number of alkyl halides is 3. The van der Waals surface area contributed by atoms with Crippen molar-refractivity contribution in [3.8, 4) is 0 Å². The van der Waals surface area contributed by atoms with E-state index < -0.39 is 17.9 Å². The molecule has 0 spiro atoms. The fraction of sp³-hybridized carbons (Fsp3) is 0.500. The Labute approximate surface area is 127 Å². The molecule has 6 heteroatoms. The predicted molar refractivity (Wildman–Crippen MR) is 78.7 cm³/mol. The zero-order valence-corrected chi connectivity index (χ0v) is 13.0. The van der Waals surface area contributed by atoms with Crippen LogP contribution in [0.1, 0.15) is 44.2 Å². The first-order chi connectivity index (χ1) is 10.0. The van der Waals surface area contributed by atoms with Gasteiger partial charge in [0.25, 0.3) is 0 Å². The normalized spacial score (nSPS) is 14.3. The molecule has 0 aliphatic rings. The lowest BCUT2D eigenvalue weighted by atomic mass is 9.86. The van der Waals surface area contributed by atoms with Gasteiger partial charge in [-0.2, -0.15) is 13.2 Å². The van der Waals surface area contributed by atoms with Crippen molar-refractivity contribution < 1.29 is 22.8 Å². The molecule has 0 saturated heterocycles. The first-order valence-corrected chi connectivity index (χ1v) is 7.01. The van der Waals surface area contributed by atoms with E-state index in [-0.39, 0.29) is 18.2 Å². The lowest BCUT2D eigenvalue weighted by molar-refractivity contribution is -0.175. The summed E-state index contributed by atoms with van der Waals surface area (Å²) in [5, 5.41) is 2.64. The number of nitrogens with one attached hydrogen (secondary N) is 1. The Morgan fingerprint density at radius 2 is 1.82 bits per heavy atom. The highest BCUT2D eigenvalue weighted by molar-refractivity contribution is 5.88. The Kier molecular flexibility index (Phi) is 5.74. The van der Waals surface area contributed by atoms with Crippen molar-refractivity contribution in [3.63, 3.8) is 0 Å². The lowest BCUT2D eigenvalue weighted by Crippen LogP contribution is -2.29. The van der Waals surface area contributed by atoms with Crippen LogP contribution in [-0.4, -0.2) is 17.9 Å². The molecule has 0 bridgehead atoms. The number of ketones is 1. The summed E-state index contributed by atoms with van der Waals surface area (Å²) in [5.74, 6) is -3.24. The molecule has 22 heavy (non-hydrogen) atoms. The van der Waals surface area contributed by atoms with Crippen LogP contribution in [0.3, 0.4) is 0 Å². The highest BCUT2D eigenvalue weighted by Crippen LogP contribution is 2.31. The van der Waals surface area contributed by atoms with Gasteiger partial charge in [-0.25, -0.2) is 0 Å². The van der Waals surface area contributed by atoms with E-state index >= 15 is 0 Å². The number of aryl methyl sites for hydroxylation is 1. The number of halogens is 3. The minimum Gasteiger partial charge on any atom is -0.326 e. The van der Waals surface area contributed by atoms with Gasteiger partial charge >= 0.3 is 6.18 Å². The molecular formula is C16H20F3NO2. The lowest BCUT2D eigenvalue weighted by Gasteiger charge is -2.20. The van der Waals surface area contributed by atoms with Crippen LogP contribution in [0.15, 0.2) is 18.2 Å². The Hall–Kier alpha value is -1.85. The van der Waals surface area contributed by atoms with Crippen molar-refractivity contribution in [1.29, 1.82) is 0 Å². The van der Waals surface area contributed by atoms with Crippen LogP contribution in [0.5, 0.6) is 0 Å². The second kappa shape index (κ2) is 6.94. The fourth-order valence-corrected chi connectivity index (χ4v) is 2.50. The molecule has 1 N–H and O–H groups in total. The standard InChI is InChI=1S/C16H20F3NO2/c1-9-5-6-13(20-12(4)21)8-14(9)10(2)7-11(3)15(22)16(17,18)19/h5-6,8,10-11H,7H2,1-4H3,(H,20,21). The van der Waals surface area contributed by atoms with Gasteiger partial charge in [0.1, 0.15) is 0 Å². The minimum absolute atomic E-state index is 0.0999. The summed E-state index contributed by atoms with van der Waals surface area (Å²) < 4.78 is 37.3. The number of anilines is 1. The molecule has 3 nitrogen and oxygen atoms in total. The first-order valence-electron chi connectivity index (χ1n) is 7.01. The predicted octanol–water partition coefficient (Wildman–Crippen LogP) is 4.21. The zero-order valence-electron chi connectivity index (χ0n) is 13.0. The second-order valence-corrected chi connectivity index (χ2v) is 5.65. The molecule has 0 fully saturated rings. The fourth-order valence-electron chi connectivity index (χ4n) is 2.50. The van der Waals surface area contributed by atoms with Crippen LogP contribution < -0.4 is 5.32 Å². The van der Waals surface area contributed by atoms with E-state index in [0.717, 1.165) is 11.1 Å². The summed E-state index contributed by atoms with van der Waals surface area (Å²) in [6.45, 7) is 6.30. The number of hydrogen-bond acceptors (Lipinski definition) is 2. The van der Waals surface area contributed by atoms with Gasteiger partial charge in [-0.1, -0.05) is 19.9 Å². The molecule has 0 heterocycles. The maximum Gasteiger partial charge on any atom is 0.450 e. The van der Waals surface area contributed by atoms with E-state index in [1.54, 1.807) is 25.1 Å². The van der Waals surface area contributed by atoms with Crippen molar-refractivity contribution in [2.45, 2.75) is 46.2 Å². The summed E-state index contributed by atoms with van der Waals surface area (Å²) in [5.41, 5.74) is 2.33. The van der Waals surface area contributed by atoms with Crippen LogP contribution in [0, 0.1) is 12.8 Å². The van der Waals surface area contributed by atoms with Gasteiger partial charge in [-0.05, 0) is 42.5 Å². The topological polar surface area (TPSA) is 46.2 Å². The van der Waals surface area contributed by atoms with Gasteiger partial charge in [0, 0.05) is 18.5 Å². The van der Waals surface area contributed by atoms with Gasteiger partial charge < -0.3 is 5.32 Å². The average Bonchev–Trinajstić information content (AvgIpc) is 2.38. The third kappa shape index (κ3) is 4.86. The summed E-state index contributed by atoms with van der Waals surface area (Å²) in [4.78, 5) is 22.3. The third-order valence-electron chi connectivity index (χ3n) is 3.56. The van der Waals surface area contributed by atoms with Gasteiger partial charge in [0.2, 0.25) is 11.7 Å². The van der Waals surface area contributed by atoms with E-state index in [0.29, 0.717) is 5.69 Å². The molecule has 0 aromatic heterocycles. The molecule has 1 aromatic rings. The van der Waals surface area contributed by atoms with Gasteiger partial charge in [-0.3, -0.25) is 9.59 Å². The number of Topliss-reactive ketones (excluding diaryl/α,β-unsaturated/α-hetero) is 1. The van der Waals surface area contributed by atoms with Crippen LogP contribution in [0.2, 0.25) is 0 Å². The smallest absolute Gasteiger partial charge is 0.326 e. The SMILES string of the molecule is CC(=O)Nc1ccc(C)c(C(C)CC(C)C(=O)C(F)(F)F)c1. The van der Waals surface area contributed by atoms with Crippen molar-refractivity contribution in [2.24, 2.45) is 5.92 Å². The monoisotopic (exact) mass is 315 g/mol. The minimum atomic E-state index is -4.80. The molecule has 0 aliphatic heterocycles. The van der Waals surface area contributed by atoms with E-state index in [1.165, 1.54) is 13.8 Å². The van der Waals surface area contributed by atoms with Crippen LogP contribution in [0.25, 0.3) is 0 Å². The maximum absolute atomic E-state index is 12.4. The Balaban J connectivity index is 2.91. The summed E-state index contributed by atoms with van der Waals surface area (Å²) in [6.07, 6.45) is -4.70. The molecule has 0 radical (unpaired) electrons. The van der Waals surface area contributed by atoms with E-state index in [1.807, 2.05) is 6.92 Å². The molecule has 122 valence electrons. The number of amides is 1.